The van der Waals surface area contributed by atoms with Crippen LogP contribution in [0.1, 0.15) is 49.0 Å². The molecular weight excluding hydrogens is 575 g/mol. The number of halogens is 3. The number of pyridine rings is 2. The molecular formula is C31H32F3N7O3. The maximum Gasteiger partial charge on any atom is 0.328 e. The largest absolute Gasteiger partial charge is 0.415 e. The molecule has 6 rings (SSSR count). The first-order chi connectivity index (χ1) is 21.4. The van der Waals surface area contributed by atoms with E-state index in [0.717, 1.165) is 39.1 Å². The van der Waals surface area contributed by atoms with Gasteiger partial charge in [-0.15, -0.1) is 10.2 Å². The number of ether oxygens (including phenoxy) is 1. The average Bonchev–Trinajstić information content (AvgIpc) is 3.62. The van der Waals surface area contributed by atoms with Crippen LogP contribution in [0.5, 0.6) is 0 Å². The van der Waals surface area contributed by atoms with Crippen LogP contribution < -0.4 is 5.69 Å². The van der Waals surface area contributed by atoms with Crippen molar-refractivity contribution in [1.29, 1.82) is 0 Å². The number of aromatic nitrogens is 6. The summed E-state index contributed by atoms with van der Waals surface area (Å²) >= 11 is 0. The topological polar surface area (TPSA) is 104 Å². The van der Waals surface area contributed by atoms with Crippen LogP contribution in [0.4, 0.5) is 13.2 Å². The molecule has 0 N–H and O–H groups in total. The lowest BCUT2D eigenvalue weighted by Gasteiger charge is -2.41. The van der Waals surface area contributed by atoms with E-state index in [4.69, 9.17) is 9.15 Å². The summed E-state index contributed by atoms with van der Waals surface area (Å²) in [5.41, 5.74) is 2.20. The van der Waals surface area contributed by atoms with Crippen molar-refractivity contribution in [3.05, 3.63) is 94.3 Å². The third-order valence-corrected chi connectivity index (χ3v) is 8.11. The lowest BCUT2D eigenvalue weighted by molar-refractivity contribution is -0.0743. The van der Waals surface area contributed by atoms with Crippen LogP contribution in [0, 0.1) is 5.92 Å². The average molecular weight is 608 g/mol. The van der Waals surface area contributed by atoms with Gasteiger partial charge in [-0.3, -0.25) is 24.0 Å². The molecule has 4 aromatic heterocycles. The number of imidazole rings is 1. The molecule has 2 fully saturated rings. The van der Waals surface area contributed by atoms with Crippen LogP contribution in [0.15, 0.2) is 70.2 Å². The zero-order valence-corrected chi connectivity index (χ0v) is 24.2. The van der Waals surface area contributed by atoms with Crippen molar-refractivity contribution < 1.29 is 22.3 Å². The van der Waals surface area contributed by atoms with Crippen LogP contribution >= 0.6 is 0 Å². The molecule has 0 bridgehead atoms. The van der Waals surface area contributed by atoms with Crippen molar-refractivity contribution in [3.8, 4) is 11.5 Å². The van der Waals surface area contributed by atoms with E-state index in [2.05, 4.69) is 25.1 Å². The molecule has 0 saturated carbocycles. The van der Waals surface area contributed by atoms with Gasteiger partial charge in [0.2, 0.25) is 5.89 Å². The number of alkyl halides is 2. The number of allylic oxidation sites excluding steroid dienone is 3. The van der Waals surface area contributed by atoms with E-state index in [0.29, 0.717) is 40.7 Å². The number of piperidine rings is 1. The highest BCUT2D eigenvalue weighted by atomic mass is 19.3. The van der Waals surface area contributed by atoms with Crippen molar-refractivity contribution in [1.82, 2.24) is 34.2 Å². The maximum absolute atomic E-state index is 15.2. The molecule has 2 saturated heterocycles. The van der Waals surface area contributed by atoms with E-state index in [1.54, 1.807) is 65.0 Å². The molecule has 0 atom stereocenters. The molecule has 6 heterocycles. The number of hydrogen-bond acceptors (Lipinski definition) is 8. The summed E-state index contributed by atoms with van der Waals surface area (Å²) in [6.07, 6.45) is 8.46. The highest BCUT2D eigenvalue weighted by molar-refractivity contribution is 5.88. The zero-order valence-electron chi connectivity index (χ0n) is 24.2. The summed E-state index contributed by atoms with van der Waals surface area (Å²) < 4.78 is 54.5. The van der Waals surface area contributed by atoms with E-state index in [9.17, 15) is 13.6 Å². The van der Waals surface area contributed by atoms with E-state index >= 15 is 4.39 Å². The smallest absolute Gasteiger partial charge is 0.328 e. The quantitative estimate of drug-likeness (QED) is 0.232. The van der Waals surface area contributed by atoms with Gasteiger partial charge in [0.1, 0.15) is 5.83 Å². The summed E-state index contributed by atoms with van der Waals surface area (Å²) in [6, 6.07) is 7.29. The third kappa shape index (κ3) is 6.43. The normalized spacial score (nSPS) is 17.4. The Morgan fingerprint density at radius 2 is 1.95 bits per heavy atom. The van der Waals surface area contributed by atoms with Crippen molar-refractivity contribution >= 4 is 11.6 Å². The Morgan fingerprint density at radius 3 is 2.57 bits per heavy atom. The second-order valence-electron chi connectivity index (χ2n) is 11.0. The van der Waals surface area contributed by atoms with Gasteiger partial charge < -0.3 is 9.15 Å². The van der Waals surface area contributed by atoms with Gasteiger partial charge in [0, 0.05) is 42.5 Å². The van der Waals surface area contributed by atoms with Gasteiger partial charge in [-0.1, -0.05) is 12.1 Å². The van der Waals surface area contributed by atoms with E-state index in [-0.39, 0.29) is 24.0 Å². The lowest BCUT2D eigenvalue weighted by atomic mass is 9.95. The predicted octanol–water partition coefficient (Wildman–Crippen LogP) is 5.00. The van der Waals surface area contributed by atoms with Gasteiger partial charge in [-0.25, -0.2) is 9.18 Å². The molecule has 230 valence electrons. The van der Waals surface area contributed by atoms with E-state index < -0.39 is 18.1 Å². The minimum absolute atomic E-state index is 0.0695. The summed E-state index contributed by atoms with van der Waals surface area (Å²) in [7, 11) is 0. The lowest BCUT2D eigenvalue weighted by Crippen LogP contribution is -2.52. The minimum atomic E-state index is -2.87. The van der Waals surface area contributed by atoms with Crippen molar-refractivity contribution in [2.45, 2.75) is 45.3 Å². The molecule has 0 aliphatic carbocycles. The fraction of sp³-hybridized carbons (Fsp3) is 0.387. The standard InChI is InChI=1S/C31H32F3N7O3/c1-2-27(32)26(21-4-3-9-35-13-21)12-24-17-40(16-23-6-5-22(14-36-23)29-37-38-30(44-29)28(33)34)31(42)41(24)15-20-7-10-39(11-8-20)25-18-43-19-25/h2-6,9,12-14,17,20,25,28H,7-8,10-11,15-16,18-19H2,1H3/b26-12-,27-2+. The fourth-order valence-corrected chi connectivity index (χ4v) is 5.53. The van der Waals surface area contributed by atoms with Gasteiger partial charge in [0.15, 0.2) is 0 Å². The first-order valence-electron chi connectivity index (χ1n) is 14.5. The van der Waals surface area contributed by atoms with Crippen molar-refractivity contribution in [2.75, 3.05) is 26.3 Å². The summed E-state index contributed by atoms with van der Waals surface area (Å²) in [5.74, 6) is -0.972. The zero-order chi connectivity index (χ0) is 30.6. The maximum atomic E-state index is 15.2. The Bertz CT molecular complexity index is 1680. The second kappa shape index (κ2) is 13.1. The number of nitrogens with zero attached hydrogens (tertiary/aromatic N) is 7. The summed E-state index contributed by atoms with van der Waals surface area (Å²) in [6.45, 7) is 5.71. The molecule has 0 aromatic carbocycles. The molecule has 2 aliphatic rings. The molecule has 0 amide bonds. The van der Waals surface area contributed by atoms with Gasteiger partial charge in [0.05, 0.1) is 42.8 Å². The highest BCUT2D eigenvalue weighted by Crippen LogP contribution is 2.28. The second-order valence-corrected chi connectivity index (χ2v) is 11.0. The van der Waals surface area contributed by atoms with Crippen molar-refractivity contribution in [3.63, 3.8) is 0 Å². The van der Waals surface area contributed by atoms with Gasteiger partial charge in [-0.05, 0) is 63.0 Å². The number of hydrogen-bond donors (Lipinski definition) is 0. The van der Waals surface area contributed by atoms with Crippen LogP contribution in [0.3, 0.4) is 0 Å². The Hall–Kier alpha value is -4.36. The highest BCUT2D eigenvalue weighted by Gasteiger charge is 2.30. The van der Waals surface area contributed by atoms with E-state index in [1.807, 2.05) is 0 Å². The first-order valence-corrected chi connectivity index (χ1v) is 14.5. The predicted molar refractivity (Wildman–Crippen MR) is 156 cm³/mol. The molecule has 10 nitrogen and oxygen atoms in total. The molecule has 0 spiro atoms. The number of rotatable bonds is 10. The van der Waals surface area contributed by atoms with Crippen LogP contribution in [0.25, 0.3) is 23.1 Å². The molecule has 44 heavy (non-hydrogen) atoms. The van der Waals surface area contributed by atoms with Crippen LogP contribution in [-0.4, -0.2) is 66.5 Å². The molecule has 0 unspecified atom stereocenters. The van der Waals surface area contributed by atoms with Gasteiger partial charge in [-0.2, -0.15) is 8.78 Å². The van der Waals surface area contributed by atoms with Gasteiger partial charge >= 0.3 is 12.1 Å². The molecule has 2 aliphatic heterocycles. The van der Waals surface area contributed by atoms with Gasteiger partial charge in [0.25, 0.3) is 5.89 Å². The third-order valence-electron chi connectivity index (χ3n) is 8.11. The SMILES string of the molecule is C/C=C(F)\C(=C/c1cn(Cc2ccc(-c3nnc(C(F)F)o3)cn2)c(=O)n1CC1CCN(C2COC2)CC1)c1cccnc1. The van der Waals surface area contributed by atoms with E-state index in [1.165, 1.54) is 12.3 Å². The summed E-state index contributed by atoms with van der Waals surface area (Å²) in [5, 5.41) is 7.00. The Morgan fingerprint density at radius 1 is 1.14 bits per heavy atom. The Kier molecular flexibility index (Phi) is 8.84. The first kappa shape index (κ1) is 29.7. The van der Waals surface area contributed by atoms with Crippen LogP contribution in [0.2, 0.25) is 0 Å². The monoisotopic (exact) mass is 607 g/mol. The molecule has 0 radical (unpaired) electrons. The molecule has 4 aromatic rings. The van der Waals surface area contributed by atoms with Crippen molar-refractivity contribution in [2.24, 2.45) is 5.92 Å². The Balaban J connectivity index is 1.29. The Labute approximate surface area is 251 Å². The number of likely N-dealkylation sites (tertiary alicyclic amines) is 1. The molecule has 13 heteroatoms. The minimum Gasteiger partial charge on any atom is -0.415 e. The fourth-order valence-electron chi connectivity index (χ4n) is 5.53. The summed E-state index contributed by atoms with van der Waals surface area (Å²) in [4.78, 5) is 24.8. The van der Waals surface area contributed by atoms with Crippen LogP contribution in [-0.2, 0) is 17.8 Å².